The normalized spacial score (nSPS) is 10.5. The fourth-order valence-corrected chi connectivity index (χ4v) is 0.887. The standard InChI is InChI=1S/C8H4FO/c9-8-5-6-3-1-2-4-7(6)10-8/h1-4H. The predicted molar refractivity (Wildman–Crippen MR) is 35.0 cm³/mol. The number of benzene rings is 1. The quantitative estimate of drug-likeness (QED) is 0.540. The molecule has 10 heavy (non-hydrogen) atoms. The summed E-state index contributed by atoms with van der Waals surface area (Å²) < 4.78 is 16.9. The van der Waals surface area contributed by atoms with Gasteiger partial charge < -0.3 is 4.42 Å². The Balaban J connectivity index is 2.88. The van der Waals surface area contributed by atoms with Crippen LogP contribution in [0.4, 0.5) is 4.39 Å². The Morgan fingerprint density at radius 2 is 2.10 bits per heavy atom. The van der Waals surface area contributed by atoms with Gasteiger partial charge in [-0.1, -0.05) is 18.2 Å². The van der Waals surface area contributed by atoms with E-state index in [2.05, 4.69) is 10.5 Å². The van der Waals surface area contributed by atoms with Crippen LogP contribution in [-0.2, 0) is 0 Å². The first-order chi connectivity index (χ1) is 4.86. The summed E-state index contributed by atoms with van der Waals surface area (Å²) in [6.45, 7) is 0. The summed E-state index contributed by atoms with van der Waals surface area (Å²) in [5, 5.41) is 0.681. The van der Waals surface area contributed by atoms with Crippen LogP contribution >= 0.6 is 0 Å². The maximum Gasteiger partial charge on any atom is 0.287 e. The fraction of sp³-hybridized carbons (Fsp3) is 0. The van der Waals surface area contributed by atoms with E-state index in [0.29, 0.717) is 11.0 Å². The lowest BCUT2D eigenvalue weighted by atomic mass is 10.3. The van der Waals surface area contributed by atoms with Gasteiger partial charge in [0.2, 0.25) is 0 Å². The fourth-order valence-electron chi connectivity index (χ4n) is 0.887. The Bertz CT molecular complexity index is 318. The smallest absolute Gasteiger partial charge is 0.287 e. The van der Waals surface area contributed by atoms with Gasteiger partial charge in [0.05, 0.1) is 6.07 Å². The molecule has 1 aromatic heterocycles. The summed E-state index contributed by atoms with van der Waals surface area (Å²) in [5.41, 5.74) is 0.542. The molecule has 0 N–H and O–H groups in total. The molecular formula is C8H4FO. The van der Waals surface area contributed by atoms with Gasteiger partial charge in [0, 0.05) is 5.39 Å². The van der Waals surface area contributed by atoms with Gasteiger partial charge in [-0.3, -0.25) is 0 Å². The Morgan fingerprint density at radius 3 is 2.90 bits per heavy atom. The molecule has 1 aromatic carbocycles. The van der Waals surface area contributed by atoms with Gasteiger partial charge in [-0.2, -0.15) is 4.39 Å². The number of para-hydroxylation sites is 1. The third kappa shape index (κ3) is 0.692. The molecule has 0 unspecified atom stereocenters. The zero-order chi connectivity index (χ0) is 6.97. The summed E-state index contributed by atoms with van der Waals surface area (Å²) in [6.07, 6.45) is 0. The van der Waals surface area contributed by atoms with Crippen molar-refractivity contribution in [1.82, 2.24) is 0 Å². The van der Waals surface area contributed by atoms with Crippen molar-refractivity contribution < 1.29 is 8.81 Å². The molecule has 0 aliphatic heterocycles. The minimum Gasteiger partial charge on any atom is -0.431 e. The van der Waals surface area contributed by atoms with Crippen molar-refractivity contribution in [2.75, 3.05) is 0 Å². The first-order valence-electron chi connectivity index (χ1n) is 2.92. The molecule has 0 bridgehead atoms. The van der Waals surface area contributed by atoms with E-state index < -0.39 is 6.01 Å². The van der Waals surface area contributed by atoms with E-state index >= 15 is 0 Å². The van der Waals surface area contributed by atoms with Crippen molar-refractivity contribution in [1.29, 1.82) is 0 Å². The summed E-state index contributed by atoms with van der Waals surface area (Å²) in [6, 6.07) is 8.83. The van der Waals surface area contributed by atoms with Crippen LogP contribution in [0.15, 0.2) is 28.7 Å². The zero-order valence-electron chi connectivity index (χ0n) is 5.10. The molecule has 0 aliphatic carbocycles. The topological polar surface area (TPSA) is 13.1 Å². The van der Waals surface area contributed by atoms with Crippen LogP contribution < -0.4 is 0 Å². The van der Waals surface area contributed by atoms with E-state index in [0.717, 1.165) is 0 Å². The monoisotopic (exact) mass is 135 g/mol. The van der Waals surface area contributed by atoms with Gasteiger partial charge in [0.1, 0.15) is 5.58 Å². The maximum atomic E-state index is 12.3. The van der Waals surface area contributed by atoms with E-state index in [1.54, 1.807) is 18.2 Å². The molecule has 2 rings (SSSR count). The van der Waals surface area contributed by atoms with Crippen LogP contribution in [0.3, 0.4) is 0 Å². The van der Waals surface area contributed by atoms with Crippen LogP contribution in [0.5, 0.6) is 0 Å². The van der Waals surface area contributed by atoms with Crippen molar-refractivity contribution in [2.24, 2.45) is 0 Å². The molecule has 0 fully saturated rings. The highest BCUT2D eigenvalue weighted by atomic mass is 19.1. The van der Waals surface area contributed by atoms with E-state index in [9.17, 15) is 4.39 Å². The van der Waals surface area contributed by atoms with Crippen LogP contribution in [0, 0.1) is 12.1 Å². The number of hydrogen-bond acceptors (Lipinski definition) is 1. The number of fused-ring (bicyclic) bond motifs is 1. The van der Waals surface area contributed by atoms with Gasteiger partial charge in [0.25, 0.3) is 6.01 Å². The molecule has 0 aliphatic rings. The highest BCUT2D eigenvalue weighted by molar-refractivity contribution is 5.75. The second-order valence-electron chi connectivity index (χ2n) is 2.00. The minimum absolute atomic E-state index is 0.542. The summed E-state index contributed by atoms with van der Waals surface area (Å²) in [7, 11) is 0. The summed E-state index contributed by atoms with van der Waals surface area (Å²) in [5.74, 6) is 0. The number of hydrogen-bond donors (Lipinski definition) is 0. The molecule has 0 saturated heterocycles. The van der Waals surface area contributed by atoms with Crippen LogP contribution in [0.2, 0.25) is 0 Å². The molecule has 2 heteroatoms. The van der Waals surface area contributed by atoms with Gasteiger partial charge >= 0.3 is 0 Å². The van der Waals surface area contributed by atoms with E-state index in [1.807, 2.05) is 6.07 Å². The molecule has 0 spiro atoms. The molecule has 0 amide bonds. The summed E-state index contributed by atoms with van der Waals surface area (Å²) in [4.78, 5) is 0. The Kier molecular flexibility index (Phi) is 1.01. The lowest BCUT2D eigenvalue weighted by molar-refractivity contribution is 0.379. The molecular weight excluding hydrogens is 131 g/mol. The van der Waals surface area contributed by atoms with Crippen LogP contribution in [0.1, 0.15) is 0 Å². The van der Waals surface area contributed by atoms with Crippen molar-refractivity contribution in [3.63, 3.8) is 0 Å². The Labute approximate surface area is 57.1 Å². The number of rotatable bonds is 0. The molecule has 0 saturated carbocycles. The van der Waals surface area contributed by atoms with E-state index in [1.165, 1.54) is 0 Å². The Morgan fingerprint density at radius 1 is 1.30 bits per heavy atom. The average Bonchev–Trinajstić information content (AvgIpc) is 2.27. The lowest BCUT2D eigenvalue weighted by Crippen LogP contribution is -1.58. The van der Waals surface area contributed by atoms with Crippen LogP contribution in [-0.4, -0.2) is 0 Å². The maximum absolute atomic E-state index is 12.3. The lowest BCUT2D eigenvalue weighted by Gasteiger charge is -1.80. The summed E-state index contributed by atoms with van der Waals surface area (Å²) >= 11 is 0. The SMILES string of the molecule is Fc1[c]c2ccccc2o1. The highest BCUT2D eigenvalue weighted by Gasteiger charge is 1.99. The second-order valence-corrected chi connectivity index (χ2v) is 2.00. The van der Waals surface area contributed by atoms with Crippen molar-refractivity contribution >= 4 is 11.0 Å². The van der Waals surface area contributed by atoms with Gasteiger partial charge in [0.15, 0.2) is 0 Å². The second kappa shape index (κ2) is 1.84. The zero-order valence-corrected chi connectivity index (χ0v) is 5.10. The molecule has 0 atom stereocenters. The average molecular weight is 135 g/mol. The van der Waals surface area contributed by atoms with Crippen molar-refractivity contribution in [3.05, 3.63) is 36.3 Å². The van der Waals surface area contributed by atoms with Crippen molar-refractivity contribution in [2.45, 2.75) is 0 Å². The molecule has 49 valence electrons. The first-order valence-corrected chi connectivity index (χ1v) is 2.92. The molecule has 2 aromatic rings. The van der Waals surface area contributed by atoms with E-state index in [-0.39, 0.29) is 0 Å². The third-order valence-electron chi connectivity index (χ3n) is 1.32. The van der Waals surface area contributed by atoms with Crippen LogP contribution in [0.25, 0.3) is 11.0 Å². The van der Waals surface area contributed by atoms with E-state index in [4.69, 9.17) is 0 Å². The highest BCUT2D eigenvalue weighted by Crippen LogP contribution is 2.15. The number of furan rings is 1. The molecule has 1 nitrogen and oxygen atoms in total. The first kappa shape index (κ1) is 5.47. The Hall–Kier alpha value is -1.31. The minimum atomic E-state index is -0.652. The van der Waals surface area contributed by atoms with Crippen molar-refractivity contribution in [3.8, 4) is 0 Å². The third-order valence-corrected chi connectivity index (χ3v) is 1.32. The number of halogens is 1. The largest absolute Gasteiger partial charge is 0.431 e. The van der Waals surface area contributed by atoms with Gasteiger partial charge in [-0.05, 0) is 6.07 Å². The van der Waals surface area contributed by atoms with Gasteiger partial charge in [-0.25, -0.2) is 0 Å². The van der Waals surface area contributed by atoms with Gasteiger partial charge in [-0.15, -0.1) is 0 Å². The predicted octanol–water partition coefficient (Wildman–Crippen LogP) is 2.37. The molecule has 1 radical (unpaired) electrons. The molecule has 1 heterocycles.